The first-order chi connectivity index (χ1) is 9.08. The largest absolute Gasteiger partial charge is 0.337 e. The molecular formula is C14H19Cl3N2O. The highest BCUT2D eigenvalue weighted by atomic mass is 35.5. The van der Waals surface area contributed by atoms with Crippen LogP contribution in [0.5, 0.6) is 0 Å². The van der Waals surface area contributed by atoms with Gasteiger partial charge in [0, 0.05) is 42.1 Å². The average Bonchev–Trinajstić information content (AvgIpc) is 2.38. The van der Waals surface area contributed by atoms with Gasteiger partial charge in [-0.15, -0.1) is 12.4 Å². The molecule has 1 saturated heterocycles. The van der Waals surface area contributed by atoms with Gasteiger partial charge in [-0.3, -0.25) is 4.79 Å². The predicted octanol–water partition coefficient (Wildman–Crippen LogP) is 3.17. The Bertz CT molecular complexity index is 468. The van der Waals surface area contributed by atoms with E-state index in [9.17, 15) is 4.79 Å². The molecule has 1 fully saturated rings. The number of benzene rings is 1. The van der Waals surface area contributed by atoms with E-state index in [1.807, 2.05) is 11.0 Å². The zero-order chi connectivity index (χ0) is 13.8. The normalized spacial score (nSPS) is 18.6. The van der Waals surface area contributed by atoms with Gasteiger partial charge in [0.2, 0.25) is 5.91 Å². The van der Waals surface area contributed by atoms with Gasteiger partial charge in [-0.2, -0.15) is 0 Å². The van der Waals surface area contributed by atoms with Crippen LogP contribution in [0.1, 0.15) is 18.9 Å². The van der Waals surface area contributed by atoms with Crippen molar-refractivity contribution in [3.05, 3.63) is 33.8 Å². The van der Waals surface area contributed by atoms with Crippen LogP contribution >= 0.6 is 35.6 Å². The number of piperazine rings is 1. The van der Waals surface area contributed by atoms with Crippen molar-refractivity contribution >= 4 is 41.5 Å². The van der Waals surface area contributed by atoms with Crippen LogP contribution in [0, 0.1) is 0 Å². The van der Waals surface area contributed by atoms with Gasteiger partial charge in [0.15, 0.2) is 0 Å². The summed E-state index contributed by atoms with van der Waals surface area (Å²) in [5.74, 6) is 0.194. The topological polar surface area (TPSA) is 32.3 Å². The van der Waals surface area contributed by atoms with Crippen LogP contribution in [0.2, 0.25) is 10.0 Å². The van der Waals surface area contributed by atoms with E-state index in [0.717, 1.165) is 25.2 Å². The van der Waals surface area contributed by atoms with Crippen LogP contribution in [0.4, 0.5) is 0 Å². The third kappa shape index (κ3) is 4.52. The van der Waals surface area contributed by atoms with Crippen molar-refractivity contribution in [3.63, 3.8) is 0 Å². The molecule has 20 heavy (non-hydrogen) atoms. The lowest BCUT2D eigenvalue weighted by atomic mass is 10.1. The third-order valence-corrected chi connectivity index (χ3v) is 4.03. The van der Waals surface area contributed by atoms with Crippen LogP contribution in [-0.2, 0) is 11.2 Å². The van der Waals surface area contributed by atoms with Crippen LogP contribution in [0.3, 0.4) is 0 Å². The van der Waals surface area contributed by atoms with E-state index < -0.39 is 0 Å². The smallest absolute Gasteiger partial charge is 0.223 e. The summed E-state index contributed by atoms with van der Waals surface area (Å²) in [6, 6.07) is 5.68. The van der Waals surface area contributed by atoms with E-state index >= 15 is 0 Å². The molecule has 3 nitrogen and oxygen atoms in total. The van der Waals surface area contributed by atoms with Gasteiger partial charge in [-0.05, 0) is 31.0 Å². The highest BCUT2D eigenvalue weighted by Gasteiger charge is 2.22. The summed E-state index contributed by atoms with van der Waals surface area (Å²) < 4.78 is 0. The van der Waals surface area contributed by atoms with E-state index in [1.54, 1.807) is 12.1 Å². The van der Waals surface area contributed by atoms with Crippen molar-refractivity contribution in [1.82, 2.24) is 10.2 Å². The molecule has 1 N–H and O–H groups in total. The molecule has 1 aromatic carbocycles. The Kier molecular flexibility index (Phi) is 7.10. The molecular weight excluding hydrogens is 319 g/mol. The molecule has 0 radical (unpaired) electrons. The number of hydrogen-bond donors (Lipinski definition) is 1. The van der Waals surface area contributed by atoms with Gasteiger partial charge in [-0.1, -0.05) is 29.3 Å². The summed E-state index contributed by atoms with van der Waals surface area (Å²) in [6.07, 6.45) is 1.15. The van der Waals surface area contributed by atoms with Crippen molar-refractivity contribution in [3.8, 4) is 0 Å². The van der Waals surface area contributed by atoms with E-state index in [2.05, 4.69) is 12.2 Å². The fourth-order valence-electron chi connectivity index (χ4n) is 2.32. The van der Waals surface area contributed by atoms with Gasteiger partial charge in [0.25, 0.3) is 0 Å². The van der Waals surface area contributed by atoms with Crippen molar-refractivity contribution in [2.45, 2.75) is 25.8 Å². The minimum Gasteiger partial charge on any atom is -0.337 e. The molecule has 2 rings (SSSR count). The fourth-order valence-corrected chi connectivity index (χ4v) is 2.82. The Labute approximate surface area is 136 Å². The second-order valence-electron chi connectivity index (χ2n) is 4.88. The molecule has 1 aliphatic heterocycles. The number of aryl methyl sites for hydroxylation is 1. The molecule has 1 atom stereocenters. The summed E-state index contributed by atoms with van der Waals surface area (Å²) in [4.78, 5) is 14.1. The van der Waals surface area contributed by atoms with Crippen LogP contribution in [-0.4, -0.2) is 36.5 Å². The second kappa shape index (κ2) is 8.08. The number of halogens is 3. The molecule has 0 aromatic heterocycles. The van der Waals surface area contributed by atoms with Gasteiger partial charge in [0.05, 0.1) is 0 Å². The number of rotatable bonds is 3. The zero-order valence-corrected chi connectivity index (χ0v) is 13.7. The molecule has 6 heteroatoms. The quantitative estimate of drug-likeness (QED) is 0.919. The third-order valence-electron chi connectivity index (χ3n) is 3.44. The van der Waals surface area contributed by atoms with Crippen LogP contribution in [0.15, 0.2) is 18.2 Å². The van der Waals surface area contributed by atoms with E-state index in [4.69, 9.17) is 23.2 Å². The van der Waals surface area contributed by atoms with E-state index in [0.29, 0.717) is 22.9 Å². The first kappa shape index (κ1) is 17.6. The highest BCUT2D eigenvalue weighted by Crippen LogP contribution is 2.22. The van der Waals surface area contributed by atoms with E-state index in [1.165, 1.54) is 0 Å². The molecule has 0 bridgehead atoms. The predicted molar refractivity (Wildman–Crippen MR) is 86.1 cm³/mol. The lowest BCUT2D eigenvalue weighted by Crippen LogP contribution is -2.52. The maximum absolute atomic E-state index is 12.2. The number of carbonyl (C=O) groups excluding carboxylic acids is 1. The van der Waals surface area contributed by atoms with Crippen LogP contribution in [0.25, 0.3) is 0 Å². The maximum Gasteiger partial charge on any atom is 0.223 e. The first-order valence-electron chi connectivity index (χ1n) is 6.52. The Balaban J connectivity index is 0.00000200. The van der Waals surface area contributed by atoms with Crippen molar-refractivity contribution in [2.24, 2.45) is 0 Å². The maximum atomic E-state index is 12.2. The molecule has 0 unspecified atom stereocenters. The Hall–Kier alpha value is -0.480. The molecule has 0 saturated carbocycles. The molecule has 0 aliphatic carbocycles. The number of hydrogen-bond acceptors (Lipinski definition) is 2. The standard InChI is InChI=1S/C14H18Cl2N2O.ClH/c1-10-9-17-6-7-18(10)14(19)5-3-11-2-4-12(15)8-13(11)16;/h2,4,8,10,17H,3,5-7,9H2,1H3;1H/t10-;/m1./s1. The van der Waals surface area contributed by atoms with Gasteiger partial charge in [0.1, 0.15) is 0 Å². The minimum absolute atomic E-state index is 0. The van der Waals surface area contributed by atoms with E-state index in [-0.39, 0.29) is 24.4 Å². The zero-order valence-electron chi connectivity index (χ0n) is 11.4. The fraction of sp³-hybridized carbons (Fsp3) is 0.500. The molecule has 0 spiro atoms. The summed E-state index contributed by atoms with van der Waals surface area (Å²) in [7, 11) is 0. The summed E-state index contributed by atoms with van der Waals surface area (Å²) >= 11 is 12.0. The monoisotopic (exact) mass is 336 g/mol. The minimum atomic E-state index is 0. The van der Waals surface area contributed by atoms with Crippen molar-refractivity contribution < 1.29 is 4.79 Å². The SMILES string of the molecule is C[C@@H]1CNCCN1C(=O)CCc1ccc(Cl)cc1Cl.Cl. The number of carbonyl (C=O) groups is 1. The Morgan fingerprint density at radius 3 is 2.85 bits per heavy atom. The molecule has 1 heterocycles. The summed E-state index contributed by atoms with van der Waals surface area (Å²) in [5.41, 5.74) is 0.974. The number of nitrogens with one attached hydrogen (secondary N) is 1. The van der Waals surface area contributed by atoms with Gasteiger partial charge < -0.3 is 10.2 Å². The highest BCUT2D eigenvalue weighted by molar-refractivity contribution is 6.35. The van der Waals surface area contributed by atoms with Gasteiger partial charge >= 0.3 is 0 Å². The number of nitrogens with zero attached hydrogens (tertiary/aromatic N) is 1. The summed E-state index contributed by atoms with van der Waals surface area (Å²) in [6.45, 7) is 4.60. The van der Waals surface area contributed by atoms with Crippen molar-refractivity contribution in [1.29, 1.82) is 0 Å². The average molecular weight is 338 g/mol. The van der Waals surface area contributed by atoms with Crippen molar-refractivity contribution in [2.75, 3.05) is 19.6 Å². The lowest BCUT2D eigenvalue weighted by Gasteiger charge is -2.34. The summed E-state index contributed by atoms with van der Waals surface area (Å²) in [5, 5.41) is 4.53. The Morgan fingerprint density at radius 1 is 1.45 bits per heavy atom. The van der Waals surface area contributed by atoms with Gasteiger partial charge in [-0.25, -0.2) is 0 Å². The molecule has 112 valence electrons. The second-order valence-corrected chi connectivity index (χ2v) is 5.72. The molecule has 1 aliphatic rings. The molecule has 1 amide bonds. The lowest BCUT2D eigenvalue weighted by molar-refractivity contribution is -0.133. The first-order valence-corrected chi connectivity index (χ1v) is 7.27. The number of amides is 1. The van der Waals surface area contributed by atoms with Crippen LogP contribution < -0.4 is 5.32 Å². The molecule has 1 aromatic rings. The Morgan fingerprint density at radius 2 is 2.20 bits per heavy atom.